The fourth-order valence-corrected chi connectivity index (χ4v) is 2.13. The highest BCUT2D eigenvalue weighted by atomic mass is 16.5. The summed E-state index contributed by atoms with van der Waals surface area (Å²) >= 11 is 0. The highest BCUT2D eigenvalue weighted by Gasteiger charge is 2.10. The smallest absolute Gasteiger partial charge is 0.231 e. The number of benzene rings is 1. The Balaban J connectivity index is 1.81. The van der Waals surface area contributed by atoms with Gasteiger partial charge in [-0.1, -0.05) is 23.4 Å². The van der Waals surface area contributed by atoms with Gasteiger partial charge in [-0.15, -0.1) is 0 Å². The molecule has 0 atom stereocenters. The van der Waals surface area contributed by atoms with E-state index in [2.05, 4.69) is 47.2 Å². The first kappa shape index (κ1) is 13.5. The molecular weight excluding hydrogens is 262 g/mol. The summed E-state index contributed by atoms with van der Waals surface area (Å²) in [5, 5.41) is 4.03. The van der Waals surface area contributed by atoms with Crippen molar-refractivity contribution in [3.63, 3.8) is 0 Å². The Morgan fingerprint density at radius 1 is 1.00 bits per heavy atom. The van der Waals surface area contributed by atoms with Crippen molar-refractivity contribution in [1.82, 2.24) is 15.1 Å². The second kappa shape index (κ2) is 5.48. The van der Waals surface area contributed by atoms with Gasteiger partial charge >= 0.3 is 0 Å². The summed E-state index contributed by atoms with van der Waals surface area (Å²) in [6.45, 7) is 6.16. The number of nitrogens with zero attached hydrogens (tertiary/aromatic N) is 3. The Morgan fingerprint density at radius 2 is 1.86 bits per heavy atom. The lowest BCUT2D eigenvalue weighted by Gasteiger charge is -2.02. The van der Waals surface area contributed by atoms with Gasteiger partial charge in [-0.3, -0.25) is 4.98 Å². The van der Waals surface area contributed by atoms with Crippen LogP contribution in [0.25, 0.3) is 11.4 Å². The maximum absolute atomic E-state index is 5.33. The minimum absolute atomic E-state index is 0.585. The van der Waals surface area contributed by atoms with Gasteiger partial charge in [0, 0.05) is 17.5 Å². The van der Waals surface area contributed by atoms with E-state index in [1.54, 1.807) is 6.20 Å². The van der Waals surface area contributed by atoms with E-state index < -0.39 is 0 Å². The van der Waals surface area contributed by atoms with E-state index in [9.17, 15) is 0 Å². The molecule has 0 saturated carbocycles. The first-order chi connectivity index (χ1) is 10.1. The van der Waals surface area contributed by atoms with Gasteiger partial charge in [0.05, 0.1) is 6.42 Å². The number of rotatable bonds is 3. The summed E-state index contributed by atoms with van der Waals surface area (Å²) in [5.74, 6) is 1.20. The minimum atomic E-state index is 0.585. The molecule has 0 fully saturated rings. The third-order valence-electron chi connectivity index (χ3n) is 3.56. The Bertz CT molecular complexity index is 760. The second-order valence-electron chi connectivity index (χ2n) is 5.30. The van der Waals surface area contributed by atoms with Crippen molar-refractivity contribution in [3.8, 4) is 11.4 Å². The molecule has 0 aliphatic carbocycles. The maximum atomic E-state index is 5.33. The van der Waals surface area contributed by atoms with E-state index in [1.165, 1.54) is 16.7 Å². The van der Waals surface area contributed by atoms with Crippen LogP contribution in [0.1, 0.15) is 28.3 Å². The third kappa shape index (κ3) is 2.99. The average molecular weight is 279 g/mol. The molecule has 1 aromatic carbocycles. The fourth-order valence-electron chi connectivity index (χ4n) is 2.13. The van der Waals surface area contributed by atoms with E-state index in [0.717, 1.165) is 11.3 Å². The topological polar surface area (TPSA) is 51.8 Å². The van der Waals surface area contributed by atoms with Crippen LogP contribution in [0.3, 0.4) is 0 Å². The molecular formula is C17H17N3O. The SMILES string of the molecule is Cc1ccc(-c2noc(Cc3ccc(C)c(C)c3)n2)cn1. The zero-order valence-corrected chi connectivity index (χ0v) is 12.4. The van der Waals surface area contributed by atoms with Crippen molar-refractivity contribution in [3.05, 3.63) is 64.8 Å². The van der Waals surface area contributed by atoms with Crippen molar-refractivity contribution in [2.45, 2.75) is 27.2 Å². The van der Waals surface area contributed by atoms with Crippen LogP contribution >= 0.6 is 0 Å². The summed E-state index contributed by atoms with van der Waals surface area (Å²) in [4.78, 5) is 8.69. The van der Waals surface area contributed by atoms with Crippen LogP contribution in [0.5, 0.6) is 0 Å². The van der Waals surface area contributed by atoms with Gasteiger partial charge in [-0.25, -0.2) is 0 Å². The molecule has 0 bridgehead atoms. The van der Waals surface area contributed by atoms with Crippen molar-refractivity contribution in [2.24, 2.45) is 0 Å². The summed E-state index contributed by atoms with van der Waals surface area (Å²) in [6.07, 6.45) is 2.41. The predicted octanol–water partition coefficient (Wildman–Crippen LogP) is 3.65. The quantitative estimate of drug-likeness (QED) is 0.734. The highest BCUT2D eigenvalue weighted by Crippen LogP contribution is 2.17. The van der Waals surface area contributed by atoms with Gasteiger partial charge in [-0.05, 0) is 49.6 Å². The van der Waals surface area contributed by atoms with Gasteiger partial charge in [0.1, 0.15) is 0 Å². The molecule has 0 aliphatic heterocycles. The van der Waals surface area contributed by atoms with E-state index in [4.69, 9.17) is 4.52 Å². The van der Waals surface area contributed by atoms with E-state index >= 15 is 0 Å². The number of pyridine rings is 1. The van der Waals surface area contributed by atoms with E-state index in [-0.39, 0.29) is 0 Å². The van der Waals surface area contributed by atoms with Gasteiger partial charge in [0.15, 0.2) is 0 Å². The number of aryl methyl sites for hydroxylation is 3. The normalized spacial score (nSPS) is 10.8. The van der Waals surface area contributed by atoms with Crippen LogP contribution < -0.4 is 0 Å². The van der Waals surface area contributed by atoms with E-state index in [0.29, 0.717) is 18.1 Å². The largest absolute Gasteiger partial charge is 0.339 e. The molecule has 0 aliphatic rings. The first-order valence-electron chi connectivity index (χ1n) is 6.93. The first-order valence-corrected chi connectivity index (χ1v) is 6.93. The van der Waals surface area contributed by atoms with Crippen molar-refractivity contribution >= 4 is 0 Å². The molecule has 0 saturated heterocycles. The van der Waals surface area contributed by atoms with Crippen LogP contribution in [0.2, 0.25) is 0 Å². The zero-order valence-electron chi connectivity index (χ0n) is 12.4. The van der Waals surface area contributed by atoms with Gasteiger partial charge in [-0.2, -0.15) is 4.98 Å². The summed E-state index contributed by atoms with van der Waals surface area (Å²) in [6, 6.07) is 10.3. The average Bonchev–Trinajstić information content (AvgIpc) is 2.92. The van der Waals surface area contributed by atoms with Crippen molar-refractivity contribution in [2.75, 3.05) is 0 Å². The van der Waals surface area contributed by atoms with Crippen LogP contribution in [0.15, 0.2) is 41.1 Å². The lowest BCUT2D eigenvalue weighted by atomic mass is 10.0. The Morgan fingerprint density at radius 3 is 2.57 bits per heavy atom. The standard InChI is InChI=1S/C17H17N3O/c1-11-4-6-14(8-12(11)2)9-16-19-17(20-21-16)15-7-5-13(3)18-10-15/h4-8,10H,9H2,1-3H3. The maximum Gasteiger partial charge on any atom is 0.231 e. The van der Waals surface area contributed by atoms with Crippen molar-refractivity contribution < 1.29 is 4.52 Å². The molecule has 0 radical (unpaired) electrons. The summed E-state index contributed by atoms with van der Waals surface area (Å²) in [5.41, 5.74) is 5.58. The van der Waals surface area contributed by atoms with Crippen LogP contribution in [-0.4, -0.2) is 15.1 Å². The van der Waals surface area contributed by atoms with Gasteiger partial charge < -0.3 is 4.52 Å². The zero-order chi connectivity index (χ0) is 14.8. The van der Waals surface area contributed by atoms with Gasteiger partial charge in [0.25, 0.3) is 0 Å². The summed E-state index contributed by atoms with van der Waals surface area (Å²) in [7, 11) is 0. The lowest BCUT2D eigenvalue weighted by molar-refractivity contribution is 0.385. The summed E-state index contributed by atoms with van der Waals surface area (Å²) < 4.78 is 5.33. The lowest BCUT2D eigenvalue weighted by Crippen LogP contribution is -1.91. The molecule has 4 nitrogen and oxygen atoms in total. The molecule has 0 spiro atoms. The third-order valence-corrected chi connectivity index (χ3v) is 3.56. The predicted molar refractivity (Wildman–Crippen MR) is 81.0 cm³/mol. The molecule has 0 N–H and O–H groups in total. The number of hydrogen-bond donors (Lipinski definition) is 0. The molecule has 0 unspecified atom stereocenters. The Labute approximate surface area is 123 Å². The molecule has 4 heteroatoms. The highest BCUT2D eigenvalue weighted by molar-refractivity contribution is 5.52. The molecule has 0 amide bonds. The molecule has 3 aromatic rings. The Kier molecular flexibility index (Phi) is 3.52. The van der Waals surface area contributed by atoms with E-state index in [1.807, 2.05) is 19.1 Å². The molecule has 2 heterocycles. The molecule has 3 rings (SSSR count). The van der Waals surface area contributed by atoms with Crippen LogP contribution in [0, 0.1) is 20.8 Å². The van der Waals surface area contributed by atoms with Crippen LogP contribution in [-0.2, 0) is 6.42 Å². The fraction of sp³-hybridized carbons (Fsp3) is 0.235. The monoisotopic (exact) mass is 279 g/mol. The molecule has 21 heavy (non-hydrogen) atoms. The Hall–Kier alpha value is -2.49. The van der Waals surface area contributed by atoms with Crippen LogP contribution in [0.4, 0.5) is 0 Å². The van der Waals surface area contributed by atoms with Gasteiger partial charge in [0.2, 0.25) is 11.7 Å². The molecule has 106 valence electrons. The molecule has 2 aromatic heterocycles. The minimum Gasteiger partial charge on any atom is -0.339 e. The van der Waals surface area contributed by atoms with Crippen molar-refractivity contribution in [1.29, 1.82) is 0 Å². The number of hydrogen-bond acceptors (Lipinski definition) is 4. The second-order valence-corrected chi connectivity index (χ2v) is 5.30. The number of aromatic nitrogens is 3.